The Kier molecular flexibility index (Phi) is 4.21. The van der Waals surface area contributed by atoms with Gasteiger partial charge in [0.15, 0.2) is 0 Å². The molecule has 0 amide bonds. The summed E-state index contributed by atoms with van der Waals surface area (Å²) in [6, 6.07) is 40.4. The van der Waals surface area contributed by atoms with Crippen molar-refractivity contribution in [3.05, 3.63) is 134 Å². The molecule has 0 spiro atoms. The van der Waals surface area contributed by atoms with Crippen LogP contribution < -0.4 is 0 Å². The minimum absolute atomic E-state index is 1.19. The number of rotatable bonds is 2. The first-order valence-corrected chi connectivity index (χ1v) is 14.4. The SMILES string of the molecule is c1ccc2c(c1)-c1ccc3c4c(ccc-2c14)-c1c-3c(-c2ccncc2)c2cc3ccccc3cc2c1-c1ccncc1. The molecule has 2 aliphatic rings. The average Bonchev–Trinajstić information content (AvgIpc) is 3.56. The number of hydrogen-bond donors (Lipinski definition) is 0. The molecule has 2 heterocycles. The monoisotopic (exact) mass is 530 g/mol. The first-order valence-electron chi connectivity index (χ1n) is 14.4. The summed E-state index contributed by atoms with van der Waals surface area (Å²) in [6.45, 7) is 0. The fourth-order valence-electron chi connectivity index (χ4n) is 7.66. The maximum atomic E-state index is 4.39. The molecule has 0 fully saturated rings. The van der Waals surface area contributed by atoms with Crippen molar-refractivity contribution in [1.29, 1.82) is 0 Å². The number of aromatic nitrogens is 2. The van der Waals surface area contributed by atoms with Gasteiger partial charge in [-0.3, -0.25) is 9.97 Å². The number of hydrogen-bond acceptors (Lipinski definition) is 2. The molecule has 10 rings (SSSR count). The fourth-order valence-corrected chi connectivity index (χ4v) is 7.66. The van der Waals surface area contributed by atoms with Crippen LogP contribution in [0.2, 0.25) is 0 Å². The third kappa shape index (κ3) is 2.74. The van der Waals surface area contributed by atoms with Gasteiger partial charge in [0, 0.05) is 24.8 Å². The lowest BCUT2D eigenvalue weighted by atomic mass is 9.82. The minimum Gasteiger partial charge on any atom is -0.265 e. The van der Waals surface area contributed by atoms with Gasteiger partial charge in [0.1, 0.15) is 0 Å². The van der Waals surface area contributed by atoms with E-state index in [0.717, 1.165) is 0 Å². The van der Waals surface area contributed by atoms with Gasteiger partial charge in [-0.25, -0.2) is 0 Å². The van der Waals surface area contributed by atoms with E-state index in [0.29, 0.717) is 0 Å². The fraction of sp³-hybridized carbons (Fsp3) is 0. The Hall–Kier alpha value is -5.60. The van der Waals surface area contributed by atoms with Gasteiger partial charge >= 0.3 is 0 Å². The standard InChI is InChI=1S/C40H22N2/c1-2-6-26-22-34-33(21-25(26)5-1)35(23-13-17-41-18-14-23)39-31-11-9-29-27-7-3-4-8-28(27)30-10-12-32(38(31)37(29)30)40(39)36(34)24-15-19-42-20-16-24/h1-22H. The normalized spacial score (nSPS) is 12.3. The highest BCUT2D eigenvalue weighted by Gasteiger charge is 2.34. The molecule has 0 bridgehead atoms. The molecule has 0 atom stereocenters. The molecule has 2 nitrogen and oxygen atoms in total. The van der Waals surface area contributed by atoms with Crippen LogP contribution in [0.15, 0.2) is 134 Å². The second-order valence-electron chi connectivity index (χ2n) is 11.3. The summed E-state index contributed by atoms with van der Waals surface area (Å²) < 4.78 is 0. The molecule has 0 N–H and O–H groups in total. The summed E-state index contributed by atoms with van der Waals surface area (Å²) in [4.78, 5) is 8.77. The quantitative estimate of drug-likeness (QED) is 0.208. The summed E-state index contributed by atoms with van der Waals surface area (Å²) in [5.74, 6) is 0. The highest BCUT2D eigenvalue weighted by atomic mass is 14.6. The van der Waals surface area contributed by atoms with Crippen LogP contribution in [0.4, 0.5) is 0 Å². The minimum atomic E-state index is 1.19. The van der Waals surface area contributed by atoms with E-state index < -0.39 is 0 Å². The second-order valence-corrected chi connectivity index (χ2v) is 11.3. The molecule has 0 radical (unpaired) electrons. The summed E-state index contributed by atoms with van der Waals surface area (Å²) in [5.41, 5.74) is 15.5. The summed E-state index contributed by atoms with van der Waals surface area (Å²) >= 11 is 0. The van der Waals surface area contributed by atoms with E-state index in [1.54, 1.807) is 0 Å². The largest absolute Gasteiger partial charge is 0.265 e. The second kappa shape index (κ2) is 7.99. The Morgan fingerprint density at radius 2 is 0.738 bits per heavy atom. The van der Waals surface area contributed by atoms with Crippen LogP contribution in [0, 0.1) is 0 Å². The van der Waals surface area contributed by atoms with Gasteiger partial charge in [0.25, 0.3) is 0 Å². The Bertz CT molecular complexity index is 2270. The van der Waals surface area contributed by atoms with Crippen LogP contribution in [0.1, 0.15) is 0 Å². The number of pyridine rings is 2. The van der Waals surface area contributed by atoms with Gasteiger partial charge in [-0.1, -0.05) is 72.8 Å². The molecule has 8 aromatic rings. The third-order valence-corrected chi connectivity index (χ3v) is 9.32. The van der Waals surface area contributed by atoms with Gasteiger partial charge in [0.05, 0.1) is 0 Å². The molecule has 42 heavy (non-hydrogen) atoms. The highest BCUT2D eigenvalue weighted by molar-refractivity contribution is 6.32. The first-order chi connectivity index (χ1) is 20.9. The van der Waals surface area contributed by atoms with Crippen LogP contribution >= 0.6 is 0 Å². The topological polar surface area (TPSA) is 25.8 Å². The van der Waals surface area contributed by atoms with E-state index in [1.807, 2.05) is 24.8 Å². The van der Waals surface area contributed by atoms with E-state index in [2.05, 4.69) is 119 Å². The van der Waals surface area contributed by atoms with Crippen molar-refractivity contribution in [2.75, 3.05) is 0 Å². The van der Waals surface area contributed by atoms with Crippen molar-refractivity contribution in [3.8, 4) is 66.8 Å². The molecular weight excluding hydrogens is 508 g/mol. The van der Waals surface area contributed by atoms with Crippen LogP contribution in [-0.4, -0.2) is 9.97 Å². The van der Waals surface area contributed by atoms with Crippen molar-refractivity contribution < 1.29 is 0 Å². The number of nitrogens with zero attached hydrogens (tertiary/aromatic N) is 2. The highest BCUT2D eigenvalue weighted by Crippen LogP contribution is 2.61. The van der Waals surface area contributed by atoms with Gasteiger partial charge in [-0.15, -0.1) is 0 Å². The van der Waals surface area contributed by atoms with Crippen molar-refractivity contribution in [2.24, 2.45) is 0 Å². The smallest absolute Gasteiger partial charge is 0.0273 e. The zero-order valence-electron chi connectivity index (χ0n) is 22.6. The van der Waals surface area contributed by atoms with Gasteiger partial charge < -0.3 is 0 Å². The number of fused-ring (bicyclic) bond motifs is 8. The Morgan fingerprint density at radius 3 is 1.21 bits per heavy atom. The van der Waals surface area contributed by atoms with Crippen LogP contribution in [0.3, 0.4) is 0 Å². The average molecular weight is 531 g/mol. The predicted octanol–water partition coefficient (Wildman–Crippen LogP) is 10.6. The van der Waals surface area contributed by atoms with Crippen molar-refractivity contribution in [1.82, 2.24) is 9.97 Å². The lowest BCUT2D eigenvalue weighted by Gasteiger charge is -2.21. The van der Waals surface area contributed by atoms with Crippen molar-refractivity contribution in [3.63, 3.8) is 0 Å². The van der Waals surface area contributed by atoms with E-state index in [-0.39, 0.29) is 0 Å². The van der Waals surface area contributed by atoms with Crippen molar-refractivity contribution in [2.45, 2.75) is 0 Å². The lowest BCUT2D eigenvalue weighted by molar-refractivity contribution is 1.33. The van der Waals surface area contributed by atoms with Gasteiger partial charge in [-0.05, 0) is 135 Å². The van der Waals surface area contributed by atoms with E-state index in [9.17, 15) is 0 Å². The third-order valence-electron chi connectivity index (χ3n) is 9.32. The maximum absolute atomic E-state index is 4.39. The zero-order chi connectivity index (χ0) is 27.4. The predicted molar refractivity (Wildman–Crippen MR) is 174 cm³/mol. The van der Waals surface area contributed by atoms with Crippen LogP contribution in [-0.2, 0) is 0 Å². The molecule has 0 aliphatic heterocycles. The molecule has 6 aromatic carbocycles. The van der Waals surface area contributed by atoms with Crippen LogP contribution in [0.5, 0.6) is 0 Å². The molecule has 2 aliphatic carbocycles. The molecule has 2 heteroatoms. The van der Waals surface area contributed by atoms with E-state index in [4.69, 9.17) is 0 Å². The van der Waals surface area contributed by atoms with E-state index in [1.165, 1.54) is 99.1 Å². The van der Waals surface area contributed by atoms with E-state index >= 15 is 0 Å². The molecular formula is C40H22N2. The van der Waals surface area contributed by atoms with Gasteiger partial charge in [-0.2, -0.15) is 0 Å². The summed E-state index contributed by atoms with van der Waals surface area (Å²) in [6.07, 6.45) is 7.65. The maximum Gasteiger partial charge on any atom is 0.0273 e. The van der Waals surface area contributed by atoms with Crippen LogP contribution in [0.25, 0.3) is 99.1 Å². The Labute approximate surface area is 242 Å². The molecule has 192 valence electrons. The number of benzene rings is 6. The molecule has 2 aromatic heterocycles. The summed E-state index contributed by atoms with van der Waals surface area (Å²) in [7, 11) is 0. The Balaban J connectivity index is 1.46. The first kappa shape index (κ1) is 22.1. The summed E-state index contributed by atoms with van der Waals surface area (Å²) in [5, 5.41) is 7.74. The molecule has 0 saturated carbocycles. The molecule has 0 unspecified atom stereocenters. The van der Waals surface area contributed by atoms with Crippen molar-refractivity contribution >= 4 is 32.3 Å². The van der Waals surface area contributed by atoms with Gasteiger partial charge in [0.2, 0.25) is 0 Å². The zero-order valence-corrected chi connectivity index (χ0v) is 22.6. The Morgan fingerprint density at radius 1 is 0.333 bits per heavy atom. The lowest BCUT2D eigenvalue weighted by Crippen LogP contribution is -1.94. The molecule has 0 saturated heterocycles.